The molecular weight excluding hydrogens is 180 g/mol. The van der Waals surface area contributed by atoms with Crippen molar-refractivity contribution in [3.05, 3.63) is 0 Å². The van der Waals surface area contributed by atoms with Crippen LogP contribution in [0.5, 0.6) is 0 Å². The molecule has 76 valence electrons. The normalized spacial score (nSPS) is 9.14. The highest BCUT2D eigenvalue weighted by Gasteiger charge is 2.04. The lowest BCUT2D eigenvalue weighted by Crippen LogP contribution is -2.14. The third kappa shape index (κ3) is 8.64. The first-order valence-corrected chi connectivity index (χ1v) is 4.25. The molecule has 0 spiro atoms. The van der Waals surface area contributed by atoms with Crippen molar-refractivity contribution in [3.8, 4) is 23.7 Å². The minimum atomic E-state index is -1.02. The average Bonchev–Trinajstić information content (AvgIpc) is 2.08. The molecule has 1 N–H and O–H groups in total. The lowest BCUT2D eigenvalue weighted by Gasteiger charge is -2.04. The molecule has 0 aromatic carbocycles. The summed E-state index contributed by atoms with van der Waals surface area (Å²) in [5.41, 5.74) is -1.02. The van der Waals surface area contributed by atoms with Crippen molar-refractivity contribution in [1.82, 2.24) is 0 Å². The molecule has 0 aromatic rings. The molecule has 0 saturated carbocycles. The number of methoxy groups -OCH3 is 1. The van der Waals surface area contributed by atoms with Crippen molar-refractivity contribution in [2.75, 3.05) is 7.11 Å². The van der Waals surface area contributed by atoms with Crippen molar-refractivity contribution in [3.63, 3.8) is 0 Å². The van der Waals surface area contributed by atoms with E-state index in [1.807, 2.05) is 0 Å². The van der Waals surface area contributed by atoms with Gasteiger partial charge in [0, 0.05) is 6.42 Å². The first-order chi connectivity index (χ1) is 6.45. The van der Waals surface area contributed by atoms with E-state index in [0.29, 0.717) is 6.42 Å². The summed E-state index contributed by atoms with van der Waals surface area (Å²) in [5, 5.41) is 9.18. The summed E-state index contributed by atoms with van der Waals surface area (Å²) in [6.45, 7) is 3.16. The van der Waals surface area contributed by atoms with Gasteiger partial charge in [-0.25, -0.2) is 0 Å². The Hall–Kier alpha value is -1.45. The van der Waals surface area contributed by atoms with Gasteiger partial charge in [0.2, 0.25) is 0 Å². The summed E-state index contributed by atoms with van der Waals surface area (Å²) < 4.78 is 4.43. The quantitative estimate of drug-likeness (QED) is 0.520. The van der Waals surface area contributed by atoms with E-state index in [1.165, 1.54) is 7.11 Å². The standard InChI is InChI=1S/C11H14O3/c1-11(2,13)9-7-5-4-6-8-10(12)14-3/h13H,6,8H2,1-3H3. The summed E-state index contributed by atoms with van der Waals surface area (Å²) in [7, 11) is 1.34. The molecule has 0 saturated heterocycles. The number of esters is 1. The Balaban J connectivity index is 3.84. The molecule has 0 heterocycles. The van der Waals surface area contributed by atoms with E-state index in [4.69, 9.17) is 0 Å². The van der Waals surface area contributed by atoms with Gasteiger partial charge in [0.1, 0.15) is 5.60 Å². The Labute approximate surface area is 84.5 Å². The lowest BCUT2D eigenvalue weighted by molar-refractivity contribution is -0.140. The van der Waals surface area contributed by atoms with Crippen molar-refractivity contribution >= 4 is 5.97 Å². The molecule has 0 aliphatic rings. The molecule has 0 aliphatic heterocycles. The van der Waals surface area contributed by atoms with Crippen molar-refractivity contribution in [2.24, 2.45) is 0 Å². The van der Waals surface area contributed by atoms with E-state index in [-0.39, 0.29) is 12.4 Å². The second-order valence-electron chi connectivity index (χ2n) is 3.19. The van der Waals surface area contributed by atoms with Crippen LogP contribution in [0.1, 0.15) is 26.7 Å². The summed E-state index contributed by atoms with van der Waals surface area (Å²) in [6, 6.07) is 0. The maximum absolute atomic E-state index is 10.6. The molecule has 0 fully saturated rings. The predicted octanol–water partition coefficient (Wildman–Crippen LogP) is 0.717. The number of aliphatic hydroxyl groups is 1. The van der Waals surface area contributed by atoms with E-state index in [0.717, 1.165) is 0 Å². The van der Waals surface area contributed by atoms with Crippen LogP contribution >= 0.6 is 0 Å². The monoisotopic (exact) mass is 194 g/mol. The lowest BCUT2D eigenvalue weighted by atomic mass is 10.1. The smallest absolute Gasteiger partial charge is 0.306 e. The van der Waals surface area contributed by atoms with Crippen LogP contribution in [-0.4, -0.2) is 23.8 Å². The molecule has 0 amide bonds. The fraction of sp³-hybridized carbons (Fsp3) is 0.545. The highest BCUT2D eigenvalue weighted by atomic mass is 16.5. The van der Waals surface area contributed by atoms with Gasteiger partial charge in [0.05, 0.1) is 13.5 Å². The third-order valence-corrected chi connectivity index (χ3v) is 1.20. The molecule has 14 heavy (non-hydrogen) atoms. The summed E-state index contributed by atoms with van der Waals surface area (Å²) in [5.74, 6) is 9.99. The molecule has 0 rings (SSSR count). The highest BCUT2D eigenvalue weighted by Crippen LogP contribution is 1.95. The minimum absolute atomic E-state index is 0.272. The first kappa shape index (κ1) is 12.6. The number of hydrogen-bond acceptors (Lipinski definition) is 3. The average molecular weight is 194 g/mol. The molecule has 3 nitrogen and oxygen atoms in total. The van der Waals surface area contributed by atoms with Crippen molar-refractivity contribution in [2.45, 2.75) is 32.3 Å². The van der Waals surface area contributed by atoms with E-state index >= 15 is 0 Å². The zero-order valence-corrected chi connectivity index (χ0v) is 8.68. The van der Waals surface area contributed by atoms with Crippen molar-refractivity contribution in [1.29, 1.82) is 0 Å². The first-order valence-electron chi connectivity index (χ1n) is 4.25. The second kappa shape index (κ2) is 6.07. The Kier molecular flexibility index (Phi) is 5.44. The predicted molar refractivity (Wildman–Crippen MR) is 53.1 cm³/mol. The van der Waals surface area contributed by atoms with E-state index in [1.54, 1.807) is 13.8 Å². The Morgan fingerprint density at radius 2 is 2.07 bits per heavy atom. The van der Waals surface area contributed by atoms with Gasteiger partial charge in [-0.1, -0.05) is 11.8 Å². The van der Waals surface area contributed by atoms with E-state index in [2.05, 4.69) is 28.4 Å². The van der Waals surface area contributed by atoms with Crippen molar-refractivity contribution < 1.29 is 14.6 Å². The molecule has 0 radical (unpaired) electrons. The molecule has 0 bridgehead atoms. The number of rotatable bonds is 2. The Morgan fingerprint density at radius 3 is 2.57 bits per heavy atom. The number of carbonyl (C=O) groups excluding carboxylic acids is 1. The molecular formula is C11H14O3. The SMILES string of the molecule is COC(=O)CCC#CC#CC(C)(C)O. The fourth-order valence-corrected chi connectivity index (χ4v) is 0.558. The summed E-state index contributed by atoms with van der Waals surface area (Å²) in [6.07, 6.45) is 0.695. The fourth-order valence-electron chi connectivity index (χ4n) is 0.558. The van der Waals surface area contributed by atoms with Gasteiger partial charge < -0.3 is 9.84 Å². The van der Waals surface area contributed by atoms with Gasteiger partial charge in [0.25, 0.3) is 0 Å². The summed E-state index contributed by atoms with van der Waals surface area (Å²) in [4.78, 5) is 10.6. The van der Waals surface area contributed by atoms with Crippen LogP contribution < -0.4 is 0 Å². The number of hydrogen-bond donors (Lipinski definition) is 1. The second-order valence-corrected chi connectivity index (χ2v) is 3.19. The zero-order chi connectivity index (χ0) is 11.0. The van der Waals surface area contributed by atoms with Crippen LogP contribution in [0.3, 0.4) is 0 Å². The van der Waals surface area contributed by atoms with E-state index < -0.39 is 5.60 Å². The van der Waals surface area contributed by atoms with Gasteiger partial charge in [0.15, 0.2) is 0 Å². The Morgan fingerprint density at radius 1 is 1.43 bits per heavy atom. The van der Waals surface area contributed by atoms with Gasteiger partial charge in [-0.2, -0.15) is 0 Å². The van der Waals surface area contributed by atoms with Crippen LogP contribution in [-0.2, 0) is 9.53 Å². The molecule has 0 atom stereocenters. The number of ether oxygens (including phenoxy) is 1. The van der Waals surface area contributed by atoms with Crippen LogP contribution in [0.25, 0.3) is 0 Å². The topological polar surface area (TPSA) is 46.5 Å². The van der Waals surface area contributed by atoms with Gasteiger partial charge in [-0.15, -0.1) is 0 Å². The largest absolute Gasteiger partial charge is 0.469 e. The number of carbonyl (C=O) groups is 1. The van der Waals surface area contributed by atoms with Gasteiger partial charge in [-0.05, 0) is 25.7 Å². The molecule has 0 aliphatic carbocycles. The van der Waals surface area contributed by atoms with Crippen LogP contribution in [0.15, 0.2) is 0 Å². The van der Waals surface area contributed by atoms with Crippen LogP contribution in [0.4, 0.5) is 0 Å². The Bertz CT molecular complexity index is 301. The van der Waals surface area contributed by atoms with E-state index in [9.17, 15) is 9.90 Å². The third-order valence-electron chi connectivity index (χ3n) is 1.20. The summed E-state index contributed by atoms with van der Waals surface area (Å²) >= 11 is 0. The molecule has 0 unspecified atom stereocenters. The maximum Gasteiger partial charge on any atom is 0.306 e. The minimum Gasteiger partial charge on any atom is -0.469 e. The maximum atomic E-state index is 10.6. The zero-order valence-electron chi connectivity index (χ0n) is 8.68. The molecule has 0 aromatic heterocycles. The van der Waals surface area contributed by atoms with Crippen LogP contribution in [0, 0.1) is 23.7 Å². The molecule has 3 heteroatoms. The highest BCUT2D eigenvalue weighted by molar-refractivity contribution is 5.69. The van der Waals surface area contributed by atoms with Crippen LogP contribution in [0.2, 0.25) is 0 Å². The van der Waals surface area contributed by atoms with Gasteiger partial charge in [-0.3, -0.25) is 4.79 Å². The van der Waals surface area contributed by atoms with Gasteiger partial charge >= 0.3 is 5.97 Å².